The Hall–Kier alpha value is -0.630. The second-order valence-corrected chi connectivity index (χ2v) is 10.6. The number of fused-ring (bicyclic) bond motifs is 5. The third-order valence-electron chi connectivity index (χ3n) is 9.68. The molecule has 8 atom stereocenters. The van der Waals surface area contributed by atoms with Crippen LogP contribution in [0.1, 0.15) is 119 Å². The van der Waals surface area contributed by atoms with Crippen molar-refractivity contribution in [3.63, 3.8) is 0 Å². The average molecular weight is 435 g/mol. The lowest BCUT2D eigenvalue weighted by Gasteiger charge is -2.61. The average Bonchev–Trinajstić information content (AvgIpc) is 3.13. The number of hydrogen-bond acceptors (Lipinski definition) is 2. The van der Waals surface area contributed by atoms with Crippen molar-refractivity contribution in [1.29, 1.82) is 0 Å². The molecule has 4 rings (SSSR count). The Labute approximate surface area is 194 Å². The van der Waals surface area contributed by atoms with Crippen LogP contribution in [0.15, 0.2) is 13.2 Å². The number of ketones is 1. The third kappa shape index (κ3) is 5.66. The molecule has 2 nitrogen and oxygen atoms in total. The molecule has 0 heterocycles. The van der Waals surface area contributed by atoms with Gasteiger partial charge in [0.1, 0.15) is 5.78 Å². The van der Waals surface area contributed by atoms with Gasteiger partial charge in [-0.15, -0.1) is 13.2 Å². The molecule has 0 aromatic heterocycles. The molecule has 0 radical (unpaired) electrons. The van der Waals surface area contributed by atoms with Crippen LogP contribution in [0.25, 0.3) is 0 Å². The zero-order chi connectivity index (χ0) is 23.8. The normalized spacial score (nSPS) is 42.6. The first-order chi connectivity index (χ1) is 14.8. The SMILES string of the molecule is C=C.CC.CC.CC(=O)CCC1CCC2C3CCC4C[C@H](O)CCC4(C)C3CCC12C. The maximum absolute atomic E-state index is 11.5. The number of rotatable bonds is 3. The molecule has 4 fully saturated rings. The van der Waals surface area contributed by atoms with Crippen molar-refractivity contribution in [2.24, 2.45) is 40.4 Å². The maximum atomic E-state index is 11.5. The van der Waals surface area contributed by atoms with E-state index >= 15 is 0 Å². The van der Waals surface area contributed by atoms with Gasteiger partial charge in [0.05, 0.1) is 6.10 Å². The minimum atomic E-state index is -0.0362. The molecule has 2 heteroatoms. The highest BCUT2D eigenvalue weighted by Crippen LogP contribution is 2.67. The molecule has 0 aromatic carbocycles. The maximum Gasteiger partial charge on any atom is 0.129 e. The van der Waals surface area contributed by atoms with Gasteiger partial charge >= 0.3 is 0 Å². The predicted molar refractivity (Wildman–Crippen MR) is 135 cm³/mol. The highest BCUT2D eigenvalue weighted by atomic mass is 16.3. The van der Waals surface area contributed by atoms with Crippen LogP contribution in [0.3, 0.4) is 0 Å². The molecule has 0 spiro atoms. The highest BCUT2D eigenvalue weighted by molar-refractivity contribution is 5.75. The molecule has 182 valence electrons. The summed E-state index contributed by atoms with van der Waals surface area (Å²) in [7, 11) is 0. The van der Waals surface area contributed by atoms with E-state index in [0.717, 1.165) is 55.3 Å². The summed E-state index contributed by atoms with van der Waals surface area (Å²) < 4.78 is 0. The molecular weight excluding hydrogens is 380 g/mol. The van der Waals surface area contributed by atoms with Crippen LogP contribution in [-0.4, -0.2) is 17.0 Å². The third-order valence-corrected chi connectivity index (χ3v) is 9.68. The van der Waals surface area contributed by atoms with E-state index in [1.807, 2.05) is 27.7 Å². The predicted octanol–water partition coefficient (Wildman–Crippen LogP) is 8.23. The summed E-state index contributed by atoms with van der Waals surface area (Å²) in [5.74, 6) is 4.61. The van der Waals surface area contributed by atoms with Gasteiger partial charge in [0.2, 0.25) is 0 Å². The summed E-state index contributed by atoms with van der Waals surface area (Å²) in [5, 5.41) is 10.2. The van der Waals surface area contributed by atoms with Crippen molar-refractivity contribution in [2.75, 3.05) is 0 Å². The molecule has 0 saturated heterocycles. The largest absolute Gasteiger partial charge is 0.393 e. The van der Waals surface area contributed by atoms with E-state index in [9.17, 15) is 9.90 Å². The van der Waals surface area contributed by atoms with Gasteiger partial charge in [0.25, 0.3) is 0 Å². The van der Waals surface area contributed by atoms with Crippen LogP contribution in [0, 0.1) is 40.4 Å². The summed E-state index contributed by atoms with van der Waals surface area (Å²) in [6, 6.07) is 0. The molecule has 31 heavy (non-hydrogen) atoms. The van der Waals surface area contributed by atoms with Crippen LogP contribution in [0.5, 0.6) is 0 Å². The van der Waals surface area contributed by atoms with E-state index in [0.29, 0.717) is 16.6 Å². The van der Waals surface area contributed by atoms with Gasteiger partial charge in [-0.3, -0.25) is 0 Å². The van der Waals surface area contributed by atoms with Crippen LogP contribution in [-0.2, 0) is 4.79 Å². The number of carbonyl (C=O) groups is 1. The standard InChI is InChI=1S/C23H38O2.2C2H6.C2H4/c1-15(24)4-5-16-7-9-20-19-8-6-17-14-18(25)10-12-23(17,3)21(19)11-13-22(16,20)2;3*1-2/h16-21,25H,4-14H2,1-3H3;2*1-2H3;1-2H2/t16?,17?,18-,19?,20?,21?,22?,23?;;;/m1.../s1. The fourth-order valence-electron chi connectivity index (χ4n) is 8.20. The molecule has 4 aliphatic carbocycles. The van der Waals surface area contributed by atoms with Crippen molar-refractivity contribution in [3.05, 3.63) is 13.2 Å². The fourth-order valence-corrected chi connectivity index (χ4v) is 8.20. The van der Waals surface area contributed by atoms with Crippen LogP contribution in [0.4, 0.5) is 0 Å². The first-order valence-corrected chi connectivity index (χ1v) is 13.5. The second kappa shape index (κ2) is 12.6. The van der Waals surface area contributed by atoms with Crippen LogP contribution >= 0.6 is 0 Å². The lowest BCUT2D eigenvalue weighted by atomic mass is 9.44. The number of aliphatic hydroxyl groups is 1. The smallest absolute Gasteiger partial charge is 0.129 e. The van der Waals surface area contributed by atoms with E-state index in [1.165, 1.54) is 44.9 Å². The minimum absolute atomic E-state index is 0.0362. The second-order valence-electron chi connectivity index (χ2n) is 10.6. The summed E-state index contributed by atoms with van der Waals surface area (Å²) in [5.41, 5.74) is 0.981. The molecule has 1 N–H and O–H groups in total. The molecule has 0 amide bonds. The van der Waals surface area contributed by atoms with Crippen LogP contribution < -0.4 is 0 Å². The lowest BCUT2D eigenvalue weighted by molar-refractivity contribution is -0.128. The van der Waals surface area contributed by atoms with E-state index in [2.05, 4.69) is 27.0 Å². The van der Waals surface area contributed by atoms with Gasteiger partial charge in [-0.05, 0) is 112 Å². The topological polar surface area (TPSA) is 37.3 Å². The monoisotopic (exact) mass is 434 g/mol. The summed E-state index contributed by atoms with van der Waals surface area (Å²) in [4.78, 5) is 11.5. The van der Waals surface area contributed by atoms with Gasteiger partial charge in [-0.25, -0.2) is 0 Å². The number of Topliss-reactive ketones (excluding diaryl/α,β-unsaturated/α-hetero) is 1. The molecule has 0 bridgehead atoms. The Morgan fingerprint density at radius 1 is 0.871 bits per heavy atom. The Kier molecular flexibility index (Phi) is 11.5. The van der Waals surface area contributed by atoms with E-state index < -0.39 is 0 Å². The highest BCUT2D eigenvalue weighted by Gasteiger charge is 2.59. The number of carbonyl (C=O) groups excluding carboxylic acids is 1. The quantitative estimate of drug-likeness (QED) is 0.454. The molecule has 4 saturated carbocycles. The first kappa shape index (κ1) is 28.4. The lowest BCUT2D eigenvalue weighted by Crippen LogP contribution is -2.53. The Bertz CT molecular complexity index is 543. The van der Waals surface area contributed by atoms with Gasteiger partial charge < -0.3 is 9.90 Å². The molecule has 7 unspecified atom stereocenters. The molecule has 4 aliphatic rings. The Morgan fingerprint density at radius 3 is 2.06 bits per heavy atom. The van der Waals surface area contributed by atoms with Crippen molar-refractivity contribution in [3.8, 4) is 0 Å². The van der Waals surface area contributed by atoms with Gasteiger partial charge in [-0.1, -0.05) is 41.5 Å². The number of hydrogen-bond donors (Lipinski definition) is 1. The Morgan fingerprint density at radius 2 is 1.45 bits per heavy atom. The summed E-state index contributed by atoms with van der Waals surface area (Å²) in [6.45, 7) is 20.9. The van der Waals surface area contributed by atoms with E-state index in [-0.39, 0.29) is 6.10 Å². The zero-order valence-electron chi connectivity index (χ0n) is 22.0. The summed E-state index contributed by atoms with van der Waals surface area (Å²) in [6.07, 6.45) is 13.5. The van der Waals surface area contributed by atoms with Gasteiger partial charge in [0, 0.05) is 6.42 Å². The zero-order valence-corrected chi connectivity index (χ0v) is 22.0. The first-order valence-electron chi connectivity index (χ1n) is 13.5. The summed E-state index contributed by atoms with van der Waals surface area (Å²) >= 11 is 0. The fraction of sp³-hybridized carbons (Fsp3) is 0.897. The minimum Gasteiger partial charge on any atom is -0.393 e. The van der Waals surface area contributed by atoms with Crippen molar-refractivity contribution >= 4 is 5.78 Å². The number of aliphatic hydroxyl groups excluding tert-OH is 1. The Balaban J connectivity index is 0.000000739. The molecular formula is C29H54O2. The molecule has 0 aromatic rings. The van der Waals surface area contributed by atoms with Crippen molar-refractivity contribution < 1.29 is 9.90 Å². The van der Waals surface area contributed by atoms with Crippen molar-refractivity contribution in [1.82, 2.24) is 0 Å². The van der Waals surface area contributed by atoms with Gasteiger partial charge in [-0.2, -0.15) is 0 Å². The van der Waals surface area contributed by atoms with E-state index in [4.69, 9.17) is 0 Å². The van der Waals surface area contributed by atoms with Crippen molar-refractivity contribution in [2.45, 2.75) is 125 Å². The van der Waals surface area contributed by atoms with E-state index in [1.54, 1.807) is 6.92 Å². The van der Waals surface area contributed by atoms with Gasteiger partial charge in [0.15, 0.2) is 0 Å². The molecule has 0 aliphatic heterocycles. The van der Waals surface area contributed by atoms with Crippen LogP contribution in [0.2, 0.25) is 0 Å².